The molecule has 0 spiro atoms. The number of aliphatic hydroxyl groups is 1. The number of rotatable bonds is 9. The molecule has 4 rings (SSSR count). The zero-order valence-corrected chi connectivity index (χ0v) is 20.1. The maximum Gasteiger partial charge on any atom is 0.295 e. The van der Waals surface area contributed by atoms with Gasteiger partial charge in [0.2, 0.25) is 6.41 Å². The summed E-state index contributed by atoms with van der Waals surface area (Å²) < 4.78 is 29.7. The van der Waals surface area contributed by atoms with Crippen LogP contribution >= 0.6 is 0 Å². The molecule has 0 saturated carbocycles. The number of alkyl halides is 2. The molecule has 8 nitrogen and oxygen atoms in total. The molecule has 2 aromatic heterocycles. The highest BCUT2D eigenvalue weighted by atomic mass is 19.3. The molecule has 3 N–H and O–H groups in total. The second-order valence-electron chi connectivity index (χ2n) is 8.27. The van der Waals surface area contributed by atoms with Gasteiger partial charge in [-0.1, -0.05) is 30.4 Å². The predicted molar refractivity (Wildman–Crippen MR) is 135 cm³/mol. The summed E-state index contributed by atoms with van der Waals surface area (Å²) in [5, 5.41) is 20.8. The van der Waals surface area contributed by atoms with Gasteiger partial charge in [0.15, 0.2) is 0 Å². The SMILES string of the molecule is C/C=C\C(=C/NC=O)c1cc2c(NCc3cccc(C(F)(F)CO)c3)nc(C)nc2c2cnn(C)c12. The summed E-state index contributed by atoms with van der Waals surface area (Å²) in [6, 6.07) is 7.84. The number of nitrogens with zero attached hydrogens (tertiary/aromatic N) is 4. The van der Waals surface area contributed by atoms with Gasteiger partial charge in [-0.3, -0.25) is 9.48 Å². The number of aromatic nitrogens is 4. The van der Waals surface area contributed by atoms with Gasteiger partial charge in [-0.05, 0) is 37.1 Å². The van der Waals surface area contributed by atoms with E-state index in [2.05, 4.69) is 25.7 Å². The molecule has 0 saturated heterocycles. The fourth-order valence-corrected chi connectivity index (χ4v) is 4.13. The smallest absolute Gasteiger partial charge is 0.295 e. The van der Waals surface area contributed by atoms with Crippen molar-refractivity contribution in [1.29, 1.82) is 0 Å². The number of hydrogen-bond donors (Lipinski definition) is 3. The highest BCUT2D eigenvalue weighted by Crippen LogP contribution is 2.35. The standard InChI is InChI=1S/C26H26F2N6O2/c1-4-6-18(12-29-15-36)20-10-21-23(22-13-31-34(3)24(20)22)32-16(2)33-25(21)30-11-17-7-5-8-19(9-17)26(27,28)14-35/h4-10,12-13,15,35H,11,14H2,1-3H3,(H,29,36)(H,30,32,33)/b6-4-,18-12+. The molecule has 186 valence electrons. The lowest BCUT2D eigenvalue weighted by atomic mass is 9.99. The third-order valence-electron chi connectivity index (χ3n) is 5.77. The van der Waals surface area contributed by atoms with Crippen LogP contribution in [0.5, 0.6) is 0 Å². The summed E-state index contributed by atoms with van der Waals surface area (Å²) in [4.78, 5) is 20.2. The van der Waals surface area contributed by atoms with Crippen molar-refractivity contribution in [1.82, 2.24) is 25.1 Å². The molecule has 0 aliphatic heterocycles. The first kappa shape index (κ1) is 24.9. The largest absolute Gasteiger partial charge is 0.390 e. The van der Waals surface area contributed by atoms with Crippen LogP contribution in [0.1, 0.15) is 29.4 Å². The highest BCUT2D eigenvalue weighted by molar-refractivity contribution is 6.12. The van der Waals surface area contributed by atoms with Gasteiger partial charge in [-0.15, -0.1) is 0 Å². The molecule has 1 amide bonds. The summed E-state index contributed by atoms with van der Waals surface area (Å²) in [6.45, 7) is 2.63. The Kier molecular flexibility index (Phi) is 7.07. The summed E-state index contributed by atoms with van der Waals surface area (Å²) in [7, 11) is 1.83. The van der Waals surface area contributed by atoms with Crippen molar-refractivity contribution in [2.24, 2.45) is 7.05 Å². The summed E-state index contributed by atoms with van der Waals surface area (Å²) >= 11 is 0. The quantitative estimate of drug-likeness (QED) is 0.239. The molecule has 10 heteroatoms. The van der Waals surface area contributed by atoms with Gasteiger partial charge in [0.05, 0.1) is 17.2 Å². The molecule has 0 bridgehead atoms. The lowest BCUT2D eigenvalue weighted by Gasteiger charge is -2.16. The molecule has 0 unspecified atom stereocenters. The summed E-state index contributed by atoms with van der Waals surface area (Å²) in [5.74, 6) is -2.25. The minimum Gasteiger partial charge on any atom is -0.390 e. The number of anilines is 1. The summed E-state index contributed by atoms with van der Waals surface area (Å²) in [5.41, 5.74) is 3.45. The zero-order valence-electron chi connectivity index (χ0n) is 20.1. The van der Waals surface area contributed by atoms with Gasteiger partial charge in [-0.2, -0.15) is 13.9 Å². The van der Waals surface area contributed by atoms with E-state index in [1.165, 1.54) is 18.2 Å². The first-order chi connectivity index (χ1) is 17.3. The number of benzene rings is 2. The van der Waals surface area contributed by atoms with Gasteiger partial charge in [0.1, 0.15) is 18.2 Å². The Bertz CT molecular complexity index is 1490. The zero-order chi connectivity index (χ0) is 25.9. The van der Waals surface area contributed by atoms with E-state index in [1.807, 2.05) is 32.2 Å². The monoisotopic (exact) mass is 492 g/mol. The molecule has 2 heterocycles. The van der Waals surface area contributed by atoms with E-state index in [1.54, 1.807) is 30.1 Å². The van der Waals surface area contributed by atoms with Crippen molar-refractivity contribution in [3.63, 3.8) is 0 Å². The van der Waals surface area contributed by atoms with Crippen LogP contribution in [0.15, 0.2) is 54.9 Å². The van der Waals surface area contributed by atoms with Crippen molar-refractivity contribution >= 4 is 39.6 Å². The van der Waals surface area contributed by atoms with E-state index in [0.29, 0.717) is 29.1 Å². The number of halogens is 2. The van der Waals surface area contributed by atoms with E-state index < -0.39 is 12.5 Å². The molecular formula is C26H26F2N6O2. The van der Waals surface area contributed by atoms with E-state index in [9.17, 15) is 13.6 Å². The Hall–Kier alpha value is -4.18. The van der Waals surface area contributed by atoms with E-state index >= 15 is 0 Å². The Morgan fingerprint density at radius 3 is 2.75 bits per heavy atom. The normalized spacial score (nSPS) is 12.6. The Morgan fingerprint density at radius 1 is 1.22 bits per heavy atom. The first-order valence-electron chi connectivity index (χ1n) is 11.3. The Balaban J connectivity index is 1.84. The van der Waals surface area contributed by atoms with Gasteiger partial charge in [0, 0.05) is 41.7 Å². The molecule has 36 heavy (non-hydrogen) atoms. The third kappa shape index (κ3) is 4.80. The molecule has 0 aliphatic carbocycles. The molecule has 0 atom stereocenters. The van der Waals surface area contributed by atoms with E-state index in [4.69, 9.17) is 5.11 Å². The van der Waals surface area contributed by atoms with Crippen LogP contribution in [-0.2, 0) is 24.3 Å². The van der Waals surface area contributed by atoms with Crippen LogP contribution in [0.25, 0.3) is 27.4 Å². The maximum atomic E-state index is 14.0. The van der Waals surface area contributed by atoms with Gasteiger partial charge in [0.25, 0.3) is 5.92 Å². The number of aliphatic hydroxyl groups excluding tert-OH is 1. The van der Waals surface area contributed by atoms with Crippen LogP contribution in [0.2, 0.25) is 0 Å². The molecule has 4 aromatic rings. The second kappa shape index (κ2) is 10.2. The van der Waals surface area contributed by atoms with Crippen LogP contribution in [0.3, 0.4) is 0 Å². The number of amides is 1. The average Bonchev–Trinajstić information content (AvgIpc) is 3.27. The van der Waals surface area contributed by atoms with Crippen molar-refractivity contribution in [3.05, 3.63) is 77.4 Å². The Morgan fingerprint density at radius 2 is 2.03 bits per heavy atom. The number of allylic oxidation sites excluding steroid dienone is 3. The van der Waals surface area contributed by atoms with Gasteiger partial charge in [-0.25, -0.2) is 9.97 Å². The third-order valence-corrected chi connectivity index (χ3v) is 5.77. The number of nitrogens with one attached hydrogen (secondary N) is 2. The average molecular weight is 493 g/mol. The molecule has 0 radical (unpaired) electrons. The van der Waals surface area contributed by atoms with Crippen LogP contribution in [0, 0.1) is 6.92 Å². The van der Waals surface area contributed by atoms with Gasteiger partial charge < -0.3 is 15.7 Å². The fourth-order valence-electron chi connectivity index (χ4n) is 4.13. The van der Waals surface area contributed by atoms with Crippen molar-refractivity contribution in [3.8, 4) is 0 Å². The van der Waals surface area contributed by atoms with E-state index in [0.717, 1.165) is 27.4 Å². The number of carbonyl (C=O) groups is 1. The first-order valence-corrected chi connectivity index (χ1v) is 11.3. The van der Waals surface area contributed by atoms with Crippen molar-refractivity contribution in [2.45, 2.75) is 26.3 Å². The number of hydrogen-bond acceptors (Lipinski definition) is 6. The molecular weight excluding hydrogens is 466 g/mol. The van der Waals surface area contributed by atoms with Crippen molar-refractivity contribution < 1.29 is 18.7 Å². The predicted octanol–water partition coefficient (Wildman–Crippen LogP) is 4.18. The van der Waals surface area contributed by atoms with Crippen LogP contribution in [0.4, 0.5) is 14.6 Å². The maximum absolute atomic E-state index is 14.0. The molecule has 0 aliphatic rings. The highest BCUT2D eigenvalue weighted by Gasteiger charge is 2.30. The van der Waals surface area contributed by atoms with Crippen LogP contribution in [-0.4, -0.2) is 37.9 Å². The Labute approximate surface area is 206 Å². The number of fused-ring (bicyclic) bond motifs is 3. The second-order valence-corrected chi connectivity index (χ2v) is 8.27. The van der Waals surface area contributed by atoms with Crippen molar-refractivity contribution in [2.75, 3.05) is 11.9 Å². The van der Waals surface area contributed by atoms with E-state index in [-0.39, 0.29) is 12.1 Å². The topological polar surface area (TPSA) is 105 Å². The minimum absolute atomic E-state index is 0.228. The van der Waals surface area contributed by atoms with Gasteiger partial charge >= 0.3 is 0 Å². The summed E-state index contributed by atoms with van der Waals surface area (Å²) in [6.07, 6.45) is 7.68. The molecule has 2 aromatic carbocycles. The number of aryl methyl sites for hydroxylation is 2. The number of carbonyl (C=O) groups excluding carboxylic acids is 1. The molecule has 0 fully saturated rings. The lowest BCUT2D eigenvalue weighted by Crippen LogP contribution is -2.18. The fraction of sp³-hybridized carbons (Fsp3) is 0.231. The minimum atomic E-state index is -3.32. The van der Waals surface area contributed by atoms with Crippen LogP contribution < -0.4 is 10.6 Å². The lowest BCUT2D eigenvalue weighted by molar-refractivity contribution is -0.108.